The quantitative estimate of drug-likeness (QED) is 0.603. The molecular formula is C21H25N3O3. The van der Waals surface area contributed by atoms with E-state index in [4.69, 9.17) is 4.74 Å². The van der Waals surface area contributed by atoms with Gasteiger partial charge in [0.15, 0.2) is 0 Å². The van der Waals surface area contributed by atoms with Crippen LogP contribution in [-0.2, 0) is 29.7 Å². The minimum atomic E-state index is -0.428. The molecule has 6 nitrogen and oxygen atoms in total. The van der Waals surface area contributed by atoms with Gasteiger partial charge in [0.2, 0.25) is 0 Å². The van der Waals surface area contributed by atoms with E-state index >= 15 is 0 Å². The van der Waals surface area contributed by atoms with Crippen LogP contribution in [0.25, 0.3) is 11.0 Å². The van der Waals surface area contributed by atoms with Crippen LogP contribution in [-0.4, -0.2) is 28.2 Å². The minimum absolute atomic E-state index is 0.104. The molecule has 0 spiro atoms. The number of anilines is 1. The van der Waals surface area contributed by atoms with Gasteiger partial charge >= 0.3 is 11.7 Å². The first-order valence-corrected chi connectivity index (χ1v) is 9.19. The van der Waals surface area contributed by atoms with E-state index in [1.54, 1.807) is 7.05 Å². The van der Waals surface area contributed by atoms with E-state index in [9.17, 15) is 9.59 Å². The van der Waals surface area contributed by atoms with Crippen LogP contribution in [0.15, 0.2) is 53.3 Å². The van der Waals surface area contributed by atoms with Gasteiger partial charge in [0.05, 0.1) is 11.0 Å². The number of carbonyl (C=O) groups is 1. The van der Waals surface area contributed by atoms with Gasteiger partial charge in [-0.05, 0) is 32.0 Å². The molecule has 3 aromatic rings. The first-order chi connectivity index (χ1) is 13.1. The number of aromatic nitrogens is 2. The number of esters is 1. The zero-order valence-electron chi connectivity index (χ0n) is 16.0. The Hall–Kier alpha value is -3.02. The number of carbonyl (C=O) groups excluding carboxylic acids is 1. The Morgan fingerprint density at radius 3 is 2.33 bits per heavy atom. The van der Waals surface area contributed by atoms with Gasteiger partial charge in [-0.1, -0.05) is 30.3 Å². The number of imidazole rings is 1. The monoisotopic (exact) mass is 367 g/mol. The molecule has 0 N–H and O–H groups in total. The second-order valence-corrected chi connectivity index (χ2v) is 6.38. The number of aryl methyl sites for hydroxylation is 1. The van der Waals surface area contributed by atoms with Crippen molar-refractivity contribution in [2.45, 2.75) is 27.0 Å². The van der Waals surface area contributed by atoms with Gasteiger partial charge in [0, 0.05) is 31.4 Å². The number of para-hydroxylation sites is 3. The number of hydrogen-bond donors (Lipinski definition) is 0. The van der Waals surface area contributed by atoms with Gasteiger partial charge in [-0.3, -0.25) is 13.9 Å². The average Bonchev–Trinajstić information content (AvgIpc) is 2.93. The lowest BCUT2D eigenvalue weighted by atomic mass is 10.1. The van der Waals surface area contributed by atoms with Gasteiger partial charge < -0.3 is 9.64 Å². The fourth-order valence-electron chi connectivity index (χ4n) is 3.35. The van der Waals surface area contributed by atoms with Crippen molar-refractivity contribution in [1.82, 2.24) is 9.13 Å². The summed E-state index contributed by atoms with van der Waals surface area (Å²) in [6.07, 6.45) is 0. The molecule has 0 aliphatic carbocycles. The van der Waals surface area contributed by atoms with Crippen LogP contribution in [0, 0.1) is 0 Å². The summed E-state index contributed by atoms with van der Waals surface area (Å²) in [7, 11) is 1.70. The van der Waals surface area contributed by atoms with Crippen LogP contribution >= 0.6 is 0 Å². The number of rotatable bonds is 7. The van der Waals surface area contributed by atoms with E-state index in [-0.39, 0.29) is 18.8 Å². The summed E-state index contributed by atoms with van der Waals surface area (Å²) in [4.78, 5) is 27.1. The molecule has 1 heterocycles. The molecule has 0 fully saturated rings. The molecule has 27 heavy (non-hydrogen) atoms. The Morgan fingerprint density at radius 2 is 1.63 bits per heavy atom. The first kappa shape index (κ1) is 18.8. The molecule has 0 atom stereocenters. The predicted molar refractivity (Wildman–Crippen MR) is 107 cm³/mol. The lowest BCUT2D eigenvalue weighted by molar-refractivity contribution is -0.145. The highest BCUT2D eigenvalue weighted by molar-refractivity contribution is 5.78. The number of hydrogen-bond acceptors (Lipinski definition) is 4. The largest absolute Gasteiger partial charge is 0.459 e. The molecular weight excluding hydrogens is 342 g/mol. The summed E-state index contributed by atoms with van der Waals surface area (Å²) in [5.74, 6) is -0.428. The normalized spacial score (nSPS) is 10.9. The van der Waals surface area contributed by atoms with Crippen molar-refractivity contribution in [1.29, 1.82) is 0 Å². The summed E-state index contributed by atoms with van der Waals surface area (Å²) in [6.45, 7) is 6.04. The molecule has 0 amide bonds. The zero-order chi connectivity index (χ0) is 19.4. The number of ether oxygens (including phenoxy) is 1. The summed E-state index contributed by atoms with van der Waals surface area (Å²) in [5.41, 5.74) is 3.32. The van der Waals surface area contributed by atoms with E-state index in [1.165, 1.54) is 9.13 Å². The lowest BCUT2D eigenvalue weighted by Gasteiger charge is -2.24. The molecule has 1 aromatic heterocycles. The Morgan fingerprint density at radius 1 is 1.00 bits per heavy atom. The molecule has 142 valence electrons. The molecule has 0 saturated carbocycles. The molecule has 0 aliphatic rings. The fourth-order valence-corrected chi connectivity index (χ4v) is 3.35. The molecule has 3 rings (SSSR count). The number of benzene rings is 2. The van der Waals surface area contributed by atoms with Crippen molar-refractivity contribution in [3.63, 3.8) is 0 Å². The van der Waals surface area contributed by atoms with E-state index in [2.05, 4.69) is 18.7 Å². The van der Waals surface area contributed by atoms with Crippen molar-refractivity contribution in [3.05, 3.63) is 64.6 Å². The van der Waals surface area contributed by atoms with Crippen molar-refractivity contribution in [2.24, 2.45) is 7.05 Å². The number of fused-ring (bicyclic) bond motifs is 1. The highest BCUT2D eigenvalue weighted by atomic mass is 16.5. The molecule has 2 aromatic carbocycles. The van der Waals surface area contributed by atoms with Crippen LogP contribution in [0.5, 0.6) is 0 Å². The summed E-state index contributed by atoms with van der Waals surface area (Å²) in [5, 5.41) is 0. The Kier molecular flexibility index (Phi) is 5.64. The maximum atomic E-state index is 12.4. The van der Waals surface area contributed by atoms with Gasteiger partial charge in [-0.25, -0.2) is 4.79 Å². The van der Waals surface area contributed by atoms with Gasteiger partial charge in [-0.15, -0.1) is 0 Å². The maximum absolute atomic E-state index is 12.4. The zero-order valence-corrected chi connectivity index (χ0v) is 16.0. The predicted octanol–water partition coefficient (Wildman–Crippen LogP) is 2.93. The molecule has 0 saturated heterocycles. The number of nitrogens with zero attached hydrogens (tertiary/aromatic N) is 3. The van der Waals surface area contributed by atoms with E-state index in [0.29, 0.717) is 0 Å². The minimum Gasteiger partial charge on any atom is -0.459 e. The van der Waals surface area contributed by atoms with E-state index in [1.807, 2.05) is 48.5 Å². The lowest BCUT2D eigenvalue weighted by Crippen LogP contribution is -2.27. The second-order valence-electron chi connectivity index (χ2n) is 6.38. The molecule has 0 aliphatic heterocycles. The topological polar surface area (TPSA) is 56.5 Å². The SMILES string of the molecule is CCN(CC)c1ccccc1COC(=O)Cn1c(=O)n(C)c2ccccc21. The van der Waals surface area contributed by atoms with Gasteiger partial charge in [0.1, 0.15) is 13.2 Å². The molecule has 6 heteroatoms. The van der Waals surface area contributed by atoms with Gasteiger partial charge in [0.25, 0.3) is 0 Å². The molecule has 0 unspecified atom stereocenters. The molecule has 0 bridgehead atoms. The van der Waals surface area contributed by atoms with E-state index in [0.717, 1.165) is 35.4 Å². The summed E-state index contributed by atoms with van der Waals surface area (Å²) >= 11 is 0. The van der Waals surface area contributed by atoms with E-state index < -0.39 is 5.97 Å². The highest BCUT2D eigenvalue weighted by Crippen LogP contribution is 2.21. The van der Waals surface area contributed by atoms with Crippen LogP contribution in [0.3, 0.4) is 0 Å². The smallest absolute Gasteiger partial charge is 0.329 e. The van der Waals surface area contributed by atoms with Gasteiger partial charge in [-0.2, -0.15) is 0 Å². The van der Waals surface area contributed by atoms with Crippen LogP contribution in [0.2, 0.25) is 0 Å². The second kappa shape index (κ2) is 8.12. The first-order valence-electron chi connectivity index (χ1n) is 9.19. The fraction of sp³-hybridized carbons (Fsp3) is 0.333. The summed E-state index contributed by atoms with van der Waals surface area (Å²) in [6, 6.07) is 15.3. The average molecular weight is 367 g/mol. The van der Waals surface area contributed by atoms with Crippen LogP contribution in [0.4, 0.5) is 5.69 Å². The Labute approximate surface area is 158 Å². The summed E-state index contributed by atoms with van der Waals surface area (Å²) < 4.78 is 8.48. The third-order valence-corrected chi connectivity index (χ3v) is 4.82. The van der Waals surface area contributed by atoms with Crippen LogP contribution < -0.4 is 10.6 Å². The highest BCUT2D eigenvalue weighted by Gasteiger charge is 2.15. The van der Waals surface area contributed by atoms with Crippen molar-refractivity contribution in [2.75, 3.05) is 18.0 Å². The van der Waals surface area contributed by atoms with Crippen molar-refractivity contribution >= 4 is 22.7 Å². The van der Waals surface area contributed by atoms with Crippen molar-refractivity contribution < 1.29 is 9.53 Å². The maximum Gasteiger partial charge on any atom is 0.329 e. The standard InChI is InChI=1S/C21H25N3O3/c1-4-23(5-2)17-11-7-6-10-16(17)15-27-20(25)14-24-19-13-9-8-12-18(19)22(3)21(24)26/h6-13H,4-5,14-15H2,1-3H3. The third-order valence-electron chi connectivity index (χ3n) is 4.82. The molecule has 0 radical (unpaired) electrons. The van der Waals surface area contributed by atoms with Crippen molar-refractivity contribution in [3.8, 4) is 0 Å². The Balaban J connectivity index is 1.75. The Bertz CT molecular complexity index is 999. The van der Waals surface area contributed by atoms with Crippen LogP contribution in [0.1, 0.15) is 19.4 Å². The third kappa shape index (κ3) is 3.74.